The number of benzene rings is 1. The molecule has 0 aliphatic carbocycles. The van der Waals surface area contributed by atoms with Gasteiger partial charge in [-0.15, -0.1) is 0 Å². The molecule has 2 heterocycles. The monoisotopic (exact) mass is 358 g/mol. The van der Waals surface area contributed by atoms with Crippen LogP contribution in [-0.2, 0) is 12.0 Å². The molecule has 2 aromatic rings. The lowest BCUT2D eigenvalue weighted by Gasteiger charge is -2.27. The Morgan fingerprint density at radius 2 is 2.00 bits per heavy atom. The predicted octanol–water partition coefficient (Wildman–Crippen LogP) is 2.48. The van der Waals surface area contributed by atoms with Crippen LogP contribution >= 0.6 is 0 Å². The molecule has 7 heteroatoms. The lowest BCUT2D eigenvalue weighted by molar-refractivity contribution is 0.0936. The van der Waals surface area contributed by atoms with Crippen molar-refractivity contribution in [1.29, 1.82) is 0 Å². The van der Waals surface area contributed by atoms with E-state index in [2.05, 4.69) is 41.4 Å². The van der Waals surface area contributed by atoms with Gasteiger partial charge in [0.2, 0.25) is 5.89 Å². The lowest BCUT2D eigenvalue weighted by Crippen LogP contribution is -2.45. The van der Waals surface area contributed by atoms with Crippen LogP contribution in [0.5, 0.6) is 11.5 Å². The van der Waals surface area contributed by atoms with Crippen molar-refractivity contribution in [3.05, 3.63) is 42.1 Å². The van der Waals surface area contributed by atoms with Crippen LogP contribution in [0.15, 0.2) is 39.9 Å². The molecule has 1 unspecified atom stereocenters. The molecule has 7 nitrogen and oxygen atoms in total. The van der Waals surface area contributed by atoms with Gasteiger partial charge >= 0.3 is 0 Å². The van der Waals surface area contributed by atoms with Gasteiger partial charge in [-0.3, -0.25) is 4.99 Å². The maximum absolute atomic E-state index is 5.93. The van der Waals surface area contributed by atoms with Gasteiger partial charge in [0.05, 0.1) is 19.3 Å². The van der Waals surface area contributed by atoms with Gasteiger partial charge in [0.1, 0.15) is 18.5 Å². The number of aliphatic imine (C=N–C) groups is 1. The SMILES string of the molecule is CN=C(NCc1ncc(C(C)(C)C)o1)NCC1COc2ccccc2O1. The molecule has 0 amide bonds. The van der Waals surface area contributed by atoms with Crippen LogP contribution in [0.3, 0.4) is 0 Å². The van der Waals surface area contributed by atoms with Crippen molar-refractivity contribution in [2.75, 3.05) is 20.2 Å². The minimum Gasteiger partial charge on any atom is -0.486 e. The van der Waals surface area contributed by atoms with Gasteiger partial charge in [0.15, 0.2) is 17.5 Å². The third-order valence-electron chi connectivity index (χ3n) is 3.99. The first kappa shape index (κ1) is 18.1. The topological polar surface area (TPSA) is 80.9 Å². The molecule has 140 valence electrons. The van der Waals surface area contributed by atoms with Gasteiger partial charge in [-0.25, -0.2) is 4.98 Å². The van der Waals surface area contributed by atoms with Crippen LogP contribution in [0.25, 0.3) is 0 Å². The van der Waals surface area contributed by atoms with E-state index in [0.717, 1.165) is 17.3 Å². The van der Waals surface area contributed by atoms with E-state index >= 15 is 0 Å². The Balaban J connectivity index is 1.48. The van der Waals surface area contributed by atoms with E-state index in [9.17, 15) is 0 Å². The molecule has 2 N–H and O–H groups in total. The summed E-state index contributed by atoms with van der Waals surface area (Å²) >= 11 is 0. The lowest BCUT2D eigenvalue weighted by atomic mass is 9.94. The van der Waals surface area contributed by atoms with Crippen molar-refractivity contribution in [3.8, 4) is 11.5 Å². The van der Waals surface area contributed by atoms with Crippen molar-refractivity contribution >= 4 is 5.96 Å². The van der Waals surface area contributed by atoms with E-state index in [1.807, 2.05) is 24.3 Å². The minimum atomic E-state index is -0.0855. The van der Waals surface area contributed by atoms with E-state index in [4.69, 9.17) is 13.9 Å². The molecular formula is C19H26N4O3. The van der Waals surface area contributed by atoms with Crippen molar-refractivity contribution in [3.63, 3.8) is 0 Å². The van der Waals surface area contributed by atoms with E-state index in [0.29, 0.717) is 31.5 Å². The normalized spacial score (nSPS) is 17.1. The molecule has 1 aliphatic rings. The van der Waals surface area contributed by atoms with E-state index < -0.39 is 0 Å². The zero-order valence-corrected chi connectivity index (χ0v) is 15.7. The molecule has 1 atom stereocenters. The zero-order chi connectivity index (χ0) is 18.6. The van der Waals surface area contributed by atoms with Crippen molar-refractivity contribution in [2.24, 2.45) is 4.99 Å². The van der Waals surface area contributed by atoms with Gasteiger partial charge in [0.25, 0.3) is 0 Å². The number of nitrogens with one attached hydrogen (secondary N) is 2. The van der Waals surface area contributed by atoms with Gasteiger partial charge in [0, 0.05) is 12.5 Å². The summed E-state index contributed by atoms with van der Waals surface area (Å²) in [7, 11) is 1.72. The maximum atomic E-state index is 5.93. The summed E-state index contributed by atoms with van der Waals surface area (Å²) in [6, 6.07) is 7.67. The molecule has 0 saturated carbocycles. The second-order valence-corrected chi connectivity index (χ2v) is 7.17. The first-order valence-electron chi connectivity index (χ1n) is 8.74. The molecule has 26 heavy (non-hydrogen) atoms. The molecule has 1 aromatic carbocycles. The minimum absolute atomic E-state index is 0.0558. The molecule has 0 saturated heterocycles. The number of oxazole rings is 1. The van der Waals surface area contributed by atoms with Crippen molar-refractivity contribution in [2.45, 2.75) is 38.8 Å². The van der Waals surface area contributed by atoms with E-state index in [1.54, 1.807) is 13.2 Å². The highest BCUT2D eigenvalue weighted by atomic mass is 16.6. The number of hydrogen-bond acceptors (Lipinski definition) is 5. The number of nitrogens with zero attached hydrogens (tertiary/aromatic N) is 2. The van der Waals surface area contributed by atoms with Crippen LogP contribution in [0.1, 0.15) is 32.4 Å². The Hall–Kier alpha value is -2.70. The second kappa shape index (κ2) is 7.68. The molecular weight excluding hydrogens is 332 g/mol. The van der Waals surface area contributed by atoms with Crippen LogP contribution < -0.4 is 20.1 Å². The number of hydrogen-bond donors (Lipinski definition) is 2. The Labute approximate surface area is 153 Å². The highest BCUT2D eigenvalue weighted by Gasteiger charge is 2.21. The van der Waals surface area contributed by atoms with E-state index in [-0.39, 0.29) is 11.5 Å². The summed E-state index contributed by atoms with van der Waals surface area (Å²) < 4.78 is 17.4. The van der Waals surface area contributed by atoms with Crippen LogP contribution in [0, 0.1) is 0 Å². The molecule has 1 aliphatic heterocycles. The fourth-order valence-corrected chi connectivity index (χ4v) is 2.49. The van der Waals surface area contributed by atoms with Crippen LogP contribution in [0.4, 0.5) is 0 Å². The van der Waals surface area contributed by atoms with Crippen molar-refractivity contribution < 1.29 is 13.9 Å². The number of rotatable bonds is 4. The third-order valence-corrected chi connectivity index (χ3v) is 3.99. The molecule has 0 radical (unpaired) electrons. The molecule has 0 fully saturated rings. The van der Waals surface area contributed by atoms with Gasteiger partial charge in [-0.05, 0) is 12.1 Å². The van der Waals surface area contributed by atoms with Crippen LogP contribution in [0.2, 0.25) is 0 Å². The quantitative estimate of drug-likeness (QED) is 0.646. The summed E-state index contributed by atoms with van der Waals surface area (Å²) in [6.07, 6.45) is 1.69. The van der Waals surface area contributed by atoms with Gasteiger partial charge < -0.3 is 24.5 Å². The Kier molecular flexibility index (Phi) is 5.35. The number of aromatic nitrogens is 1. The first-order chi connectivity index (χ1) is 12.5. The third kappa shape index (κ3) is 4.47. The largest absolute Gasteiger partial charge is 0.486 e. The smallest absolute Gasteiger partial charge is 0.213 e. The Morgan fingerprint density at radius 3 is 2.69 bits per heavy atom. The summed E-state index contributed by atoms with van der Waals surface area (Å²) in [4.78, 5) is 8.52. The molecule has 0 spiro atoms. The van der Waals surface area contributed by atoms with Crippen molar-refractivity contribution in [1.82, 2.24) is 15.6 Å². The van der Waals surface area contributed by atoms with Gasteiger partial charge in [-0.1, -0.05) is 32.9 Å². The molecule has 1 aromatic heterocycles. The molecule has 3 rings (SSSR count). The number of guanidine groups is 1. The average molecular weight is 358 g/mol. The predicted molar refractivity (Wildman–Crippen MR) is 99.8 cm³/mol. The molecule has 0 bridgehead atoms. The second-order valence-electron chi connectivity index (χ2n) is 7.17. The number of ether oxygens (including phenoxy) is 2. The highest BCUT2D eigenvalue weighted by molar-refractivity contribution is 5.79. The van der Waals surface area contributed by atoms with Crippen LogP contribution in [-0.4, -0.2) is 37.2 Å². The summed E-state index contributed by atoms with van der Waals surface area (Å²) in [6.45, 7) is 7.81. The first-order valence-corrected chi connectivity index (χ1v) is 8.74. The number of para-hydroxylation sites is 2. The van der Waals surface area contributed by atoms with E-state index in [1.165, 1.54) is 0 Å². The summed E-state index contributed by atoms with van der Waals surface area (Å²) in [5.41, 5.74) is -0.0558. The number of fused-ring (bicyclic) bond motifs is 1. The summed E-state index contributed by atoms with van der Waals surface area (Å²) in [5, 5.41) is 6.44. The average Bonchev–Trinajstić information content (AvgIpc) is 3.11. The maximum Gasteiger partial charge on any atom is 0.213 e. The Morgan fingerprint density at radius 1 is 1.23 bits per heavy atom. The van der Waals surface area contributed by atoms with Gasteiger partial charge in [-0.2, -0.15) is 0 Å². The Bertz CT molecular complexity index is 764. The fraction of sp³-hybridized carbons (Fsp3) is 0.474. The standard InChI is InChI=1S/C19H26N4O3/c1-19(2,3)16-10-21-17(26-16)11-23-18(20-4)22-9-13-12-24-14-7-5-6-8-15(14)25-13/h5-8,10,13H,9,11-12H2,1-4H3,(H2,20,22,23). The summed E-state index contributed by atoms with van der Waals surface area (Å²) in [5.74, 6) is 3.70. The fourth-order valence-electron chi connectivity index (χ4n) is 2.49. The highest BCUT2D eigenvalue weighted by Crippen LogP contribution is 2.30. The zero-order valence-electron chi connectivity index (χ0n) is 15.7.